The van der Waals surface area contributed by atoms with E-state index in [9.17, 15) is 19.5 Å². The normalized spacial score (nSPS) is 14.3. The Morgan fingerprint density at radius 1 is 1.05 bits per heavy atom. The molecule has 3 aromatic carbocycles. The van der Waals surface area contributed by atoms with Crippen molar-refractivity contribution in [3.63, 3.8) is 0 Å². The van der Waals surface area contributed by atoms with Gasteiger partial charge in [-0.3, -0.25) is 19.3 Å². The lowest BCUT2D eigenvalue weighted by Crippen LogP contribution is -2.27. The molecule has 0 bridgehead atoms. The van der Waals surface area contributed by atoms with Gasteiger partial charge in [-0.15, -0.1) is 0 Å². The van der Waals surface area contributed by atoms with E-state index in [0.29, 0.717) is 38.4 Å². The van der Waals surface area contributed by atoms with E-state index < -0.39 is 17.1 Å². The fourth-order valence-corrected chi connectivity index (χ4v) is 4.77. The van der Waals surface area contributed by atoms with Crippen LogP contribution in [0, 0.1) is 0 Å². The molecule has 0 spiro atoms. The summed E-state index contributed by atoms with van der Waals surface area (Å²) >= 11 is 12.8. The fraction of sp³-hybridized carbons (Fsp3) is 0.115. The lowest BCUT2D eigenvalue weighted by atomic mass is 10.1. The number of rotatable bonds is 7. The molecule has 190 valence electrons. The second-order valence-corrected chi connectivity index (χ2v) is 9.60. The van der Waals surface area contributed by atoms with E-state index in [1.165, 1.54) is 38.5 Å². The minimum absolute atomic E-state index is 0.0322. The highest BCUT2D eigenvalue weighted by atomic mass is 35.5. The smallest absolute Gasteiger partial charge is 0.293 e. The first-order valence-electron chi connectivity index (χ1n) is 10.8. The maximum absolute atomic E-state index is 13.0. The van der Waals surface area contributed by atoms with Gasteiger partial charge >= 0.3 is 0 Å². The first-order chi connectivity index (χ1) is 17.7. The third-order valence-corrected chi connectivity index (χ3v) is 7.06. The summed E-state index contributed by atoms with van der Waals surface area (Å²) in [5.74, 6) is -0.600. The molecule has 1 aliphatic rings. The molecular weight excluding hydrogens is 539 g/mol. The van der Waals surface area contributed by atoms with E-state index in [1.807, 2.05) is 0 Å². The lowest BCUT2D eigenvalue weighted by Gasteiger charge is -2.14. The number of hydrogen-bond acceptors (Lipinski definition) is 7. The number of aromatic hydroxyl groups is 1. The van der Waals surface area contributed by atoms with E-state index in [4.69, 9.17) is 32.7 Å². The topological polar surface area (TPSA) is 105 Å². The predicted octanol–water partition coefficient (Wildman–Crippen LogP) is 6.21. The van der Waals surface area contributed by atoms with Crippen LogP contribution < -0.4 is 14.8 Å². The number of halogens is 2. The van der Waals surface area contributed by atoms with E-state index in [1.54, 1.807) is 36.4 Å². The van der Waals surface area contributed by atoms with Gasteiger partial charge in [0.15, 0.2) is 11.5 Å². The van der Waals surface area contributed by atoms with Gasteiger partial charge in [0.1, 0.15) is 5.75 Å². The zero-order chi connectivity index (χ0) is 26.7. The summed E-state index contributed by atoms with van der Waals surface area (Å²) in [4.78, 5) is 39.7. The van der Waals surface area contributed by atoms with Gasteiger partial charge in [-0.2, -0.15) is 0 Å². The zero-order valence-electron chi connectivity index (χ0n) is 19.6. The van der Waals surface area contributed by atoms with Gasteiger partial charge < -0.3 is 19.9 Å². The number of imide groups is 1. The van der Waals surface area contributed by atoms with Gasteiger partial charge in [-0.05, 0) is 65.4 Å². The first kappa shape index (κ1) is 26.4. The summed E-state index contributed by atoms with van der Waals surface area (Å²) < 4.78 is 10.6. The summed E-state index contributed by atoms with van der Waals surface area (Å²) in [7, 11) is 2.92. The molecule has 1 saturated heterocycles. The van der Waals surface area contributed by atoms with Crippen LogP contribution >= 0.6 is 35.0 Å². The van der Waals surface area contributed by atoms with Crippen molar-refractivity contribution < 1.29 is 29.0 Å². The molecule has 8 nitrogen and oxygen atoms in total. The van der Waals surface area contributed by atoms with Crippen LogP contribution in [0.2, 0.25) is 10.0 Å². The molecule has 0 aliphatic carbocycles. The molecule has 0 aromatic heterocycles. The molecular formula is C26H20Cl2N2O6S. The number of benzene rings is 3. The van der Waals surface area contributed by atoms with E-state index >= 15 is 0 Å². The minimum atomic E-state index is -0.605. The second kappa shape index (κ2) is 11.2. The van der Waals surface area contributed by atoms with Crippen LogP contribution in [-0.2, 0) is 11.3 Å². The van der Waals surface area contributed by atoms with Gasteiger partial charge in [0.25, 0.3) is 17.1 Å². The van der Waals surface area contributed by atoms with Crippen LogP contribution in [0.4, 0.5) is 10.5 Å². The first-order valence-corrected chi connectivity index (χ1v) is 12.3. The summed E-state index contributed by atoms with van der Waals surface area (Å²) in [6, 6.07) is 14.2. The SMILES string of the molecule is COc1cccc(NC(=O)c2cc(/C=C3/SC(=O)N(Cc4ccc(Cl)c(Cl)c4)C3=O)ccc2O)c1OC. The Kier molecular flexibility index (Phi) is 7.97. The number of methoxy groups -OCH3 is 2. The highest BCUT2D eigenvalue weighted by molar-refractivity contribution is 8.18. The van der Waals surface area contributed by atoms with Gasteiger partial charge in [-0.25, -0.2) is 0 Å². The third kappa shape index (κ3) is 5.69. The maximum Gasteiger partial charge on any atom is 0.293 e. The van der Waals surface area contributed by atoms with Crippen LogP contribution in [0.3, 0.4) is 0 Å². The number of para-hydroxylation sites is 1. The fourth-order valence-electron chi connectivity index (χ4n) is 3.61. The molecule has 2 N–H and O–H groups in total. The van der Waals surface area contributed by atoms with Crippen LogP contribution in [0.5, 0.6) is 17.2 Å². The number of nitrogens with zero attached hydrogens (tertiary/aromatic N) is 1. The number of phenolic OH excluding ortho intramolecular Hbond substituents is 1. The van der Waals surface area contributed by atoms with Gasteiger partial charge in [0.05, 0.1) is 47.0 Å². The molecule has 37 heavy (non-hydrogen) atoms. The molecule has 1 heterocycles. The Hall–Kier alpha value is -3.66. The lowest BCUT2D eigenvalue weighted by molar-refractivity contribution is -0.123. The van der Waals surface area contributed by atoms with Crippen molar-refractivity contribution in [2.45, 2.75) is 6.54 Å². The van der Waals surface area contributed by atoms with Crippen LogP contribution in [0.1, 0.15) is 21.5 Å². The number of thioether (sulfide) groups is 1. The Morgan fingerprint density at radius 3 is 2.54 bits per heavy atom. The van der Waals surface area contributed by atoms with Crippen molar-refractivity contribution in [2.75, 3.05) is 19.5 Å². The zero-order valence-corrected chi connectivity index (χ0v) is 21.9. The largest absolute Gasteiger partial charge is 0.507 e. The van der Waals surface area contributed by atoms with E-state index in [0.717, 1.165) is 16.7 Å². The average Bonchev–Trinajstić information content (AvgIpc) is 3.14. The number of carbonyl (C=O) groups is 3. The number of phenols is 1. The maximum atomic E-state index is 13.0. The summed E-state index contributed by atoms with van der Waals surface area (Å²) in [6.45, 7) is 0.0322. The van der Waals surface area contributed by atoms with Gasteiger partial charge in [0.2, 0.25) is 0 Å². The number of nitrogens with one attached hydrogen (secondary N) is 1. The van der Waals surface area contributed by atoms with Crippen LogP contribution in [-0.4, -0.2) is 41.3 Å². The standard InChI is InChI=1S/C26H20Cl2N2O6S/c1-35-21-5-3-4-19(23(21)36-2)29-24(32)16-10-14(7-9-20(16)31)12-22-25(33)30(26(34)37-22)13-15-6-8-17(27)18(28)11-15/h3-12,31H,13H2,1-2H3,(H,29,32)/b22-12+. The number of carbonyl (C=O) groups excluding carboxylic acids is 3. The third-order valence-electron chi connectivity index (χ3n) is 5.41. The number of anilines is 1. The van der Waals surface area contributed by atoms with Crippen molar-refractivity contribution >= 4 is 63.8 Å². The minimum Gasteiger partial charge on any atom is -0.507 e. The Balaban J connectivity index is 1.56. The highest BCUT2D eigenvalue weighted by Crippen LogP contribution is 2.36. The van der Waals surface area contributed by atoms with Crippen molar-refractivity contribution in [3.05, 3.63) is 86.2 Å². The molecule has 0 saturated carbocycles. The molecule has 1 fully saturated rings. The molecule has 1 aliphatic heterocycles. The highest BCUT2D eigenvalue weighted by Gasteiger charge is 2.35. The van der Waals surface area contributed by atoms with E-state index in [-0.39, 0.29) is 22.8 Å². The van der Waals surface area contributed by atoms with Crippen LogP contribution in [0.15, 0.2) is 59.5 Å². The Morgan fingerprint density at radius 2 is 1.84 bits per heavy atom. The molecule has 11 heteroatoms. The molecule has 0 unspecified atom stereocenters. The molecule has 0 atom stereocenters. The number of amides is 3. The summed E-state index contributed by atoms with van der Waals surface area (Å²) in [5, 5.41) is 13.3. The number of hydrogen-bond donors (Lipinski definition) is 2. The molecule has 0 radical (unpaired) electrons. The van der Waals surface area contributed by atoms with Gasteiger partial charge in [-0.1, -0.05) is 41.4 Å². The quantitative estimate of drug-likeness (QED) is 0.332. The van der Waals surface area contributed by atoms with Crippen molar-refractivity contribution in [3.8, 4) is 17.2 Å². The molecule has 3 aromatic rings. The number of ether oxygens (including phenoxy) is 2. The summed E-state index contributed by atoms with van der Waals surface area (Å²) in [5.41, 5.74) is 1.41. The second-order valence-electron chi connectivity index (χ2n) is 7.79. The van der Waals surface area contributed by atoms with Crippen LogP contribution in [0.25, 0.3) is 6.08 Å². The molecule has 4 rings (SSSR count). The monoisotopic (exact) mass is 558 g/mol. The van der Waals surface area contributed by atoms with Gasteiger partial charge in [0, 0.05) is 0 Å². The van der Waals surface area contributed by atoms with E-state index in [2.05, 4.69) is 5.32 Å². The average molecular weight is 559 g/mol. The Bertz CT molecular complexity index is 1440. The Labute approximate surface area is 226 Å². The van der Waals surface area contributed by atoms with Crippen molar-refractivity contribution in [1.29, 1.82) is 0 Å². The summed E-state index contributed by atoms with van der Waals surface area (Å²) in [6.07, 6.45) is 1.49. The van der Waals surface area contributed by atoms with Crippen molar-refractivity contribution in [2.24, 2.45) is 0 Å². The molecule has 3 amide bonds. The van der Waals surface area contributed by atoms with Crippen molar-refractivity contribution in [1.82, 2.24) is 4.90 Å². The predicted molar refractivity (Wildman–Crippen MR) is 144 cm³/mol.